The van der Waals surface area contributed by atoms with E-state index in [1.165, 1.54) is 37.7 Å². The summed E-state index contributed by atoms with van der Waals surface area (Å²) in [5.74, 6) is -0.979. The van der Waals surface area contributed by atoms with E-state index in [-0.39, 0.29) is 5.92 Å². The summed E-state index contributed by atoms with van der Waals surface area (Å²) in [5.41, 5.74) is 3.96. The van der Waals surface area contributed by atoms with Gasteiger partial charge in [0.1, 0.15) is 5.78 Å². The lowest BCUT2D eigenvalue weighted by Crippen LogP contribution is -2.15. The summed E-state index contributed by atoms with van der Waals surface area (Å²) in [4.78, 5) is 22.5. The van der Waals surface area contributed by atoms with Gasteiger partial charge in [-0.25, -0.2) is 4.79 Å². The van der Waals surface area contributed by atoms with Crippen LogP contribution in [0.5, 0.6) is 0 Å². The van der Waals surface area contributed by atoms with E-state index in [1.807, 2.05) is 0 Å². The van der Waals surface area contributed by atoms with E-state index in [0.29, 0.717) is 18.6 Å². The number of allylic oxidation sites excluding steroid dienone is 2. The van der Waals surface area contributed by atoms with Crippen LogP contribution in [-0.2, 0) is 9.59 Å². The number of hydrogen-bond donors (Lipinski definition) is 2. The van der Waals surface area contributed by atoms with Crippen molar-refractivity contribution in [3.8, 4) is 0 Å². The average molecular weight is 334 g/mol. The second-order valence-corrected chi connectivity index (χ2v) is 6.42. The molecule has 1 aliphatic rings. The van der Waals surface area contributed by atoms with Gasteiger partial charge in [-0.05, 0) is 37.8 Å². The summed E-state index contributed by atoms with van der Waals surface area (Å²) >= 11 is 0. The monoisotopic (exact) mass is 334 g/mol. The van der Waals surface area contributed by atoms with Gasteiger partial charge in [0.05, 0.1) is 0 Å². The molecule has 0 heterocycles. The Morgan fingerprint density at radius 1 is 1.33 bits per heavy atom. The first-order chi connectivity index (χ1) is 11.6. The number of aliphatic carboxylic acids is 1. The molecule has 0 aromatic rings. The maximum atomic E-state index is 12.0. The van der Waals surface area contributed by atoms with E-state index >= 15 is 0 Å². The van der Waals surface area contributed by atoms with Crippen molar-refractivity contribution in [3.05, 3.63) is 29.5 Å². The van der Waals surface area contributed by atoms with E-state index in [2.05, 4.69) is 18.7 Å². The predicted molar refractivity (Wildman–Crippen MR) is 94.7 cm³/mol. The Hall–Kier alpha value is -1.64. The van der Waals surface area contributed by atoms with Crippen molar-refractivity contribution >= 4 is 11.8 Å². The number of carboxylic acid groups (broad SMARTS) is 1. The minimum atomic E-state index is -1.52. The van der Waals surface area contributed by atoms with Crippen molar-refractivity contribution < 1.29 is 19.8 Å². The summed E-state index contributed by atoms with van der Waals surface area (Å²) in [5, 5.41) is 17.6. The van der Waals surface area contributed by atoms with Gasteiger partial charge in [-0.2, -0.15) is 0 Å². The molecule has 2 N–H and O–H groups in total. The van der Waals surface area contributed by atoms with Gasteiger partial charge in [-0.1, -0.05) is 50.7 Å². The number of aliphatic hydroxyl groups excluding tert-OH is 1. The third kappa shape index (κ3) is 7.76. The molecule has 0 aromatic carbocycles. The maximum Gasteiger partial charge on any atom is 0.337 e. The Balaban J connectivity index is 2.32. The van der Waals surface area contributed by atoms with Crippen LogP contribution in [-0.4, -0.2) is 28.1 Å². The van der Waals surface area contributed by atoms with E-state index in [0.717, 1.165) is 25.3 Å². The molecule has 1 rings (SSSR count). The highest BCUT2D eigenvalue weighted by molar-refractivity contribution is 5.88. The van der Waals surface area contributed by atoms with Gasteiger partial charge >= 0.3 is 5.97 Å². The number of unbranched alkanes of at least 4 members (excludes halogenated alkanes) is 5. The predicted octanol–water partition coefficient (Wildman–Crippen LogP) is 4.19. The SMILES string of the molecule is CCCCCCCCC1=CCC(=O)[C@@H]1CCC=C=CC(O)C(=O)O. The molecule has 0 bridgehead atoms. The zero-order valence-electron chi connectivity index (χ0n) is 14.7. The molecule has 0 saturated carbocycles. The molecule has 0 fully saturated rings. The molecule has 2 atom stereocenters. The molecule has 4 nitrogen and oxygen atoms in total. The Kier molecular flexibility index (Phi) is 10.1. The first-order valence-corrected chi connectivity index (χ1v) is 9.09. The van der Waals surface area contributed by atoms with Crippen LogP contribution in [0.3, 0.4) is 0 Å². The highest BCUT2D eigenvalue weighted by atomic mass is 16.4. The summed E-state index contributed by atoms with van der Waals surface area (Å²) in [6.07, 6.45) is 13.9. The van der Waals surface area contributed by atoms with Crippen LogP contribution in [0.15, 0.2) is 29.5 Å². The van der Waals surface area contributed by atoms with Crippen LogP contribution in [0.25, 0.3) is 0 Å². The number of aliphatic hydroxyl groups is 1. The molecule has 24 heavy (non-hydrogen) atoms. The van der Waals surface area contributed by atoms with Crippen molar-refractivity contribution in [2.24, 2.45) is 5.92 Å². The third-order valence-corrected chi connectivity index (χ3v) is 4.45. The van der Waals surface area contributed by atoms with Crippen LogP contribution in [0.2, 0.25) is 0 Å². The number of carboxylic acids is 1. The van der Waals surface area contributed by atoms with Crippen LogP contribution in [0.1, 0.15) is 71.1 Å². The van der Waals surface area contributed by atoms with E-state index < -0.39 is 12.1 Å². The standard InChI is InChI=1S/C20H30O4/c1-2-3-4-5-6-8-11-16-14-15-18(21)17(16)12-9-7-10-13-19(22)20(23)24/h7,13-14,17,19,22H,2-6,8-9,11-12,15H2,1H3,(H,23,24)/t10?,17-,19?/m1/s1. The van der Waals surface area contributed by atoms with Crippen LogP contribution >= 0.6 is 0 Å². The van der Waals surface area contributed by atoms with Crippen molar-refractivity contribution in [1.29, 1.82) is 0 Å². The van der Waals surface area contributed by atoms with Crippen LogP contribution in [0.4, 0.5) is 0 Å². The number of rotatable bonds is 12. The van der Waals surface area contributed by atoms with Gasteiger partial charge in [0.15, 0.2) is 6.10 Å². The summed E-state index contributed by atoms with van der Waals surface area (Å²) in [6, 6.07) is 0. The van der Waals surface area contributed by atoms with E-state index in [9.17, 15) is 9.59 Å². The first kappa shape index (κ1) is 20.4. The lowest BCUT2D eigenvalue weighted by Gasteiger charge is -2.12. The molecular weight excluding hydrogens is 304 g/mol. The van der Waals surface area contributed by atoms with Gasteiger partial charge in [0.25, 0.3) is 0 Å². The van der Waals surface area contributed by atoms with Crippen LogP contribution in [0, 0.1) is 5.92 Å². The lowest BCUT2D eigenvalue weighted by molar-refractivity contribution is -0.144. The van der Waals surface area contributed by atoms with Gasteiger partial charge in [-0.3, -0.25) is 4.79 Å². The second-order valence-electron chi connectivity index (χ2n) is 6.42. The zero-order chi connectivity index (χ0) is 17.8. The fourth-order valence-corrected chi connectivity index (χ4v) is 3.02. The molecular formula is C20H30O4. The molecule has 4 heteroatoms. The van der Waals surface area contributed by atoms with E-state index in [1.54, 1.807) is 6.08 Å². The first-order valence-electron chi connectivity index (χ1n) is 9.09. The van der Waals surface area contributed by atoms with Gasteiger partial charge in [0, 0.05) is 12.3 Å². The third-order valence-electron chi connectivity index (χ3n) is 4.45. The largest absolute Gasteiger partial charge is 0.479 e. The summed E-state index contributed by atoms with van der Waals surface area (Å²) in [6.45, 7) is 2.21. The topological polar surface area (TPSA) is 74.6 Å². The normalized spacial score (nSPS) is 18.0. The van der Waals surface area contributed by atoms with Gasteiger partial charge in [-0.15, -0.1) is 5.73 Å². The van der Waals surface area contributed by atoms with Crippen molar-refractivity contribution in [3.63, 3.8) is 0 Å². The van der Waals surface area contributed by atoms with Crippen molar-refractivity contribution in [2.75, 3.05) is 0 Å². The van der Waals surface area contributed by atoms with Crippen molar-refractivity contribution in [2.45, 2.75) is 77.2 Å². The quantitative estimate of drug-likeness (QED) is 0.319. The molecule has 1 aliphatic carbocycles. The average Bonchev–Trinajstić information content (AvgIpc) is 2.90. The number of carbonyl (C=O) groups is 2. The van der Waals surface area contributed by atoms with Gasteiger partial charge in [0.2, 0.25) is 0 Å². The summed E-state index contributed by atoms with van der Waals surface area (Å²) < 4.78 is 0. The molecule has 1 unspecified atom stereocenters. The molecule has 0 spiro atoms. The highest BCUT2D eigenvalue weighted by Crippen LogP contribution is 2.30. The minimum absolute atomic E-state index is 0.0167. The fourth-order valence-electron chi connectivity index (χ4n) is 3.02. The summed E-state index contributed by atoms with van der Waals surface area (Å²) in [7, 11) is 0. The van der Waals surface area contributed by atoms with Crippen LogP contribution < -0.4 is 0 Å². The molecule has 0 radical (unpaired) electrons. The molecule has 0 amide bonds. The smallest absolute Gasteiger partial charge is 0.337 e. The minimum Gasteiger partial charge on any atom is -0.479 e. The van der Waals surface area contributed by atoms with Crippen molar-refractivity contribution in [1.82, 2.24) is 0 Å². The zero-order valence-corrected chi connectivity index (χ0v) is 14.7. The molecule has 134 valence electrons. The number of carbonyl (C=O) groups excluding carboxylic acids is 1. The Bertz CT molecular complexity index is 498. The second kappa shape index (κ2) is 11.8. The maximum absolute atomic E-state index is 12.0. The number of hydrogen-bond acceptors (Lipinski definition) is 3. The van der Waals surface area contributed by atoms with Gasteiger partial charge < -0.3 is 10.2 Å². The molecule has 0 aromatic heterocycles. The van der Waals surface area contributed by atoms with E-state index in [4.69, 9.17) is 10.2 Å². The number of ketones is 1. The molecule has 0 saturated heterocycles. The lowest BCUT2D eigenvalue weighted by atomic mass is 9.91. The Morgan fingerprint density at radius 2 is 2.04 bits per heavy atom. The fraction of sp³-hybridized carbons (Fsp3) is 0.650. The number of Topliss-reactive ketones (excluding diaryl/α,β-unsaturated/α-hetero) is 1. The molecule has 0 aliphatic heterocycles. The highest BCUT2D eigenvalue weighted by Gasteiger charge is 2.25. The Labute approximate surface area is 145 Å². The Morgan fingerprint density at radius 3 is 2.75 bits per heavy atom.